The highest BCUT2D eigenvalue weighted by atomic mass is 35.5. The molecule has 2 fully saturated rings. The molecule has 8 nitrogen and oxygen atoms in total. The smallest absolute Gasteiger partial charge is 0.292 e. The maximum Gasteiger partial charge on any atom is 0.292 e. The lowest BCUT2D eigenvalue weighted by Gasteiger charge is -2.23. The van der Waals surface area contributed by atoms with Crippen LogP contribution in [-0.2, 0) is 4.74 Å². The van der Waals surface area contributed by atoms with Gasteiger partial charge >= 0.3 is 0 Å². The van der Waals surface area contributed by atoms with Gasteiger partial charge in [-0.15, -0.1) is 0 Å². The van der Waals surface area contributed by atoms with Gasteiger partial charge in [0.05, 0.1) is 36.6 Å². The monoisotopic (exact) mass is 470 g/mol. The summed E-state index contributed by atoms with van der Waals surface area (Å²) in [6.07, 6.45) is 5.27. The third kappa shape index (κ3) is 4.43. The summed E-state index contributed by atoms with van der Waals surface area (Å²) in [5.41, 5.74) is 1.55. The maximum absolute atomic E-state index is 13.1. The van der Waals surface area contributed by atoms with E-state index in [4.69, 9.17) is 16.3 Å². The van der Waals surface area contributed by atoms with Gasteiger partial charge in [-0.05, 0) is 49.4 Å². The zero-order valence-electron chi connectivity index (χ0n) is 18.1. The average molecular weight is 471 g/mol. The second-order valence-electron chi connectivity index (χ2n) is 8.39. The summed E-state index contributed by atoms with van der Waals surface area (Å²) in [6, 6.07) is 7.24. The molecule has 0 radical (unpaired) electrons. The van der Waals surface area contributed by atoms with E-state index in [-0.39, 0.29) is 5.02 Å². The van der Waals surface area contributed by atoms with Crippen LogP contribution in [0.25, 0.3) is 5.69 Å². The molecule has 0 spiro atoms. The summed E-state index contributed by atoms with van der Waals surface area (Å²) in [5.74, 6) is 1.73. The lowest BCUT2D eigenvalue weighted by molar-refractivity contribution is 0.0517. The largest absolute Gasteiger partial charge is 0.382 e. The van der Waals surface area contributed by atoms with E-state index >= 15 is 0 Å². The highest BCUT2D eigenvalue weighted by Gasteiger charge is 2.45. The average Bonchev–Trinajstić information content (AvgIpc) is 3.63. The van der Waals surface area contributed by atoms with E-state index < -0.39 is 11.5 Å². The molecule has 1 saturated heterocycles. The molecular weight excluding hydrogens is 447 g/mol. The fourth-order valence-electron chi connectivity index (χ4n) is 4.42. The van der Waals surface area contributed by atoms with Crippen LogP contribution in [0.3, 0.4) is 0 Å². The third-order valence-electron chi connectivity index (χ3n) is 6.33. The van der Waals surface area contributed by atoms with Crippen molar-refractivity contribution in [1.82, 2.24) is 19.7 Å². The Hall–Kier alpha value is -3.04. The van der Waals surface area contributed by atoms with Crippen molar-refractivity contribution >= 4 is 28.8 Å². The number of nitrogens with one attached hydrogen (secondary N) is 1. The summed E-state index contributed by atoms with van der Waals surface area (Å²) >= 11 is 6.39. The van der Waals surface area contributed by atoms with Crippen LogP contribution in [0.1, 0.15) is 13.3 Å². The standard InChI is InChI=1S/C23H24ClFN6O2/c1-2-30(21-11-27-20(25)10-28-21)16-3-5-17(6-4-16)31-23(32)22(24)19(9-29-31)26-8-15-13-33-12-14-7-18(14)15/h3-6,9-11,14-15,18,26H,2,7-8,12-13H2,1H3/t14-,15-,18-/m1/s1. The van der Waals surface area contributed by atoms with E-state index in [1.54, 1.807) is 18.3 Å². The second-order valence-corrected chi connectivity index (χ2v) is 8.76. The van der Waals surface area contributed by atoms with Crippen LogP contribution in [-0.4, -0.2) is 46.1 Å². The Bertz CT molecular complexity index is 1190. The molecule has 2 aliphatic rings. The molecule has 1 N–H and O–H groups in total. The predicted molar refractivity (Wildman–Crippen MR) is 124 cm³/mol. The van der Waals surface area contributed by atoms with Crippen LogP contribution in [0, 0.1) is 23.7 Å². The Morgan fingerprint density at radius 2 is 2.03 bits per heavy atom. The Labute approximate surface area is 195 Å². The number of rotatable bonds is 7. The van der Waals surface area contributed by atoms with E-state index in [9.17, 15) is 9.18 Å². The molecule has 1 aliphatic carbocycles. The molecule has 3 aromatic rings. The predicted octanol–water partition coefficient (Wildman–Crippen LogP) is 3.67. The van der Waals surface area contributed by atoms with Crippen molar-refractivity contribution in [1.29, 1.82) is 0 Å². The zero-order valence-corrected chi connectivity index (χ0v) is 18.9. The second kappa shape index (κ2) is 9.07. The maximum atomic E-state index is 13.1. The summed E-state index contributed by atoms with van der Waals surface area (Å²) in [5, 5.41) is 7.70. The van der Waals surface area contributed by atoms with Crippen molar-refractivity contribution < 1.29 is 9.13 Å². The lowest BCUT2D eigenvalue weighted by Crippen LogP contribution is -2.28. The molecule has 33 heavy (non-hydrogen) atoms. The fourth-order valence-corrected chi connectivity index (χ4v) is 4.62. The van der Waals surface area contributed by atoms with Gasteiger partial charge < -0.3 is 15.0 Å². The van der Waals surface area contributed by atoms with Gasteiger partial charge in [-0.1, -0.05) is 11.6 Å². The van der Waals surface area contributed by atoms with Crippen molar-refractivity contribution in [2.24, 2.45) is 17.8 Å². The Morgan fingerprint density at radius 3 is 2.76 bits per heavy atom. The molecule has 0 bridgehead atoms. The van der Waals surface area contributed by atoms with Crippen LogP contribution >= 0.6 is 11.6 Å². The topological polar surface area (TPSA) is 85.2 Å². The van der Waals surface area contributed by atoms with E-state index in [2.05, 4.69) is 20.4 Å². The van der Waals surface area contributed by atoms with Crippen LogP contribution in [0.15, 0.2) is 47.7 Å². The normalized spacial score (nSPS) is 21.4. The number of benzene rings is 1. The van der Waals surface area contributed by atoms with E-state index in [1.807, 2.05) is 24.0 Å². The van der Waals surface area contributed by atoms with Gasteiger partial charge in [-0.25, -0.2) is 9.97 Å². The third-order valence-corrected chi connectivity index (χ3v) is 6.69. The van der Waals surface area contributed by atoms with Crippen molar-refractivity contribution in [2.45, 2.75) is 13.3 Å². The molecule has 2 aromatic heterocycles. The number of nitrogens with zero attached hydrogens (tertiary/aromatic N) is 5. The SMILES string of the molecule is CCN(c1ccc(-n2ncc(NC[C@@H]3COC[C@H]4C[C@@H]34)c(Cl)c2=O)cc1)c1cnc(F)cn1. The van der Waals surface area contributed by atoms with Gasteiger partial charge in [0, 0.05) is 31.3 Å². The fraction of sp³-hybridized carbons (Fsp3) is 0.391. The lowest BCUT2D eigenvalue weighted by atomic mass is 10.0. The molecule has 0 amide bonds. The van der Waals surface area contributed by atoms with Crippen molar-refractivity contribution in [3.8, 4) is 5.69 Å². The summed E-state index contributed by atoms with van der Waals surface area (Å²) in [4.78, 5) is 22.5. The molecular formula is C23H24ClFN6O2. The van der Waals surface area contributed by atoms with Gasteiger partial charge in [0.25, 0.3) is 5.56 Å². The molecule has 3 atom stereocenters. The number of ether oxygens (including phenoxy) is 1. The highest BCUT2D eigenvalue weighted by Crippen LogP contribution is 2.47. The molecule has 172 valence electrons. The van der Waals surface area contributed by atoms with E-state index in [0.717, 1.165) is 25.1 Å². The molecule has 1 aromatic carbocycles. The number of anilines is 3. The van der Waals surface area contributed by atoms with Crippen LogP contribution in [0.4, 0.5) is 21.6 Å². The zero-order chi connectivity index (χ0) is 22.9. The first-order chi connectivity index (χ1) is 16.0. The van der Waals surface area contributed by atoms with Gasteiger partial charge in [0.15, 0.2) is 5.82 Å². The minimum absolute atomic E-state index is 0.106. The Balaban J connectivity index is 1.32. The minimum atomic E-state index is -0.630. The molecule has 10 heteroatoms. The van der Waals surface area contributed by atoms with Gasteiger partial charge in [0.2, 0.25) is 5.95 Å². The Morgan fingerprint density at radius 1 is 1.21 bits per heavy atom. The van der Waals surface area contributed by atoms with Gasteiger partial charge in [-0.3, -0.25) is 4.79 Å². The van der Waals surface area contributed by atoms with Crippen molar-refractivity contribution in [3.05, 3.63) is 64.2 Å². The van der Waals surface area contributed by atoms with Crippen LogP contribution in [0.2, 0.25) is 5.02 Å². The quantitative estimate of drug-likeness (QED) is 0.564. The van der Waals surface area contributed by atoms with Crippen molar-refractivity contribution in [2.75, 3.05) is 36.5 Å². The Kier molecular flexibility index (Phi) is 5.99. The first-order valence-electron chi connectivity index (χ1n) is 11.0. The summed E-state index contributed by atoms with van der Waals surface area (Å²) in [7, 11) is 0. The molecule has 3 heterocycles. The number of hydrogen-bond acceptors (Lipinski definition) is 7. The first-order valence-corrected chi connectivity index (χ1v) is 11.4. The molecule has 0 unspecified atom stereocenters. The van der Waals surface area contributed by atoms with E-state index in [1.165, 1.54) is 17.3 Å². The molecule has 5 rings (SSSR count). The van der Waals surface area contributed by atoms with Gasteiger partial charge in [-0.2, -0.15) is 14.2 Å². The first kappa shape index (κ1) is 21.8. The van der Waals surface area contributed by atoms with Crippen LogP contribution < -0.4 is 15.8 Å². The number of hydrogen-bond donors (Lipinski definition) is 1. The minimum Gasteiger partial charge on any atom is -0.382 e. The summed E-state index contributed by atoms with van der Waals surface area (Å²) in [6.45, 7) is 4.88. The van der Waals surface area contributed by atoms with Crippen molar-refractivity contribution in [3.63, 3.8) is 0 Å². The van der Waals surface area contributed by atoms with E-state index in [0.29, 0.717) is 48.0 Å². The number of halogens is 2. The highest BCUT2D eigenvalue weighted by molar-refractivity contribution is 6.32. The number of aromatic nitrogens is 4. The number of fused-ring (bicyclic) bond motifs is 1. The van der Waals surface area contributed by atoms with Gasteiger partial charge in [0.1, 0.15) is 5.02 Å². The molecule has 1 saturated carbocycles. The summed E-state index contributed by atoms with van der Waals surface area (Å²) < 4.78 is 20.0. The molecule has 1 aliphatic heterocycles. The van der Waals surface area contributed by atoms with Crippen LogP contribution in [0.5, 0.6) is 0 Å².